The van der Waals surface area contributed by atoms with E-state index < -0.39 is 23.3 Å². The van der Waals surface area contributed by atoms with Crippen molar-refractivity contribution in [3.63, 3.8) is 0 Å². The number of rotatable bonds is 8. The summed E-state index contributed by atoms with van der Waals surface area (Å²) in [4.78, 5) is 35.3. The Balaban J connectivity index is 2.40. The van der Waals surface area contributed by atoms with E-state index in [-0.39, 0.29) is 23.3 Å². The molecule has 1 aromatic heterocycles. The molecule has 30 heavy (non-hydrogen) atoms. The topological polar surface area (TPSA) is 92.0 Å². The quantitative estimate of drug-likeness (QED) is 0.351. The fourth-order valence-electron chi connectivity index (χ4n) is 2.73. The molecular weight excluding hydrogens is 388 g/mol. The molecule has 0 fully saturated rings. The van der Waals surface area contributed by atoms with Gasteiger partial charge in [0, 0.05) is 13.8 Å². The third kappa shape index (κ3) is 6.34. The first-order valence-corrected chi connectivity index (χ1v) is 9.57. The van der Waals surface area contributed by atoms with Crippen molar-refractivity contribution in [2.24, 2.45) is 0 Å². The van der Waals surface area contributed by atoms with Crippen LogP contribution in [0.2, 0.25) is 0 Å². The maximum atomic E-state index is 12.2. The fraction of sp³-hybridized carbons (Fsp3) is 0.348. The molecule has 0 unspecified atom stereocenters. The highest BCUT2D eigenvalue weighted by Gasteiger charge is 2.23. The van der Waals surface area contributed by atoms with E-state index in [1.54, 1.807) is 12.1 Å². The van der Waals surface area contributed by atoms with Crippen molar-refractivity contribution in [3.8, 4) is 17.2 Å². The lowest BCUT2D eigenvalue weighted by Gasteiger charge is -2.13. The summed E-state index contributed by atoms with van der Waals surface area (Å²) in [5.41, 5.74) is 1.66. The van der Waals surface area contributed by atoms with Crippen LogP contribution in [0, 0.1) is 0 Å². The van der Waals surface area contributed by atoms with E-state index in [9.17, 15) is 14.4 Å². The summed E-state index contributed by atoms with van der Waals surface area (Å²) >= 11 is 0. The molecule has 0 atom stereocenters. The minimum absolute atomic E-state index is 0.147. The largest absolute Gasteiger partial charge is 0.489 e. The Morgan fingerprint density at radius 1 is 0.967 bits per heavy atom. The molecule has 0 aliphatic rings. The lowest BCUT2D eigenvalue weighted by Crippen LogP contribution is -2.15. The second kappa shape index (κ2) is 10.4. The van der Waals surface area contributed by atoms with Crippen LogP contribution in [0.15, 0.2) is 50.7 Å². The predicted molar refractivity (Wildman–Crippen MR) is 113 cm³/mol. The van der Waals surface area contributed by atoms with Crippen LogP contribution in [0.25, 0.3) is 11.0 Å². The Hall–Kier alpha value is -3.35. The molecule has 0 radical (unpaired) electrons. The number of hydrogen-bond donors (Lipinski definition) is 0. The molecule has 0 bridgehead atoms. The smallest absolute Gasteiger partial charge is 0.383 e. The highest BCUT2D eigenvalue weighted by molar-refractivity contribution is 5.94. The number of fused-ring (bicyclic) bond motifs is 1. The molecular formula is C23H26O7. The summed E-state index contributed by atoms with van der Waals surface area (Å²) in [6.45, 7) is 8.72. The zero-order valence-corrected chi connectivity index (χ0v) is 17.9. The molecule has 1 heterocycles. The first-order valence-electron chi connectivity index (χ1n) is 9.57. The predicted octanol–water partition coefficient (Wildman–Crippen LogP) is 4.72. The summed E-state index contributed by atoms with van der Waals surface area (Å²) in [6, 6.07) is 4.84. The second-order valence-electron chi connectivity index (χ2n) is 7.05. The summed E-state index contributed by atoms with van der Waals surface area (Å²) in [5.74, 6) is -1.80. The molecule has 7 heteroatoms. The van der Waals surface area contributed by atoms with Crippen molar-refractivity contribution in [2.75, 3.05) is 6.61 Å². The van der Waals surface area contributed by atoms with Gasteiger partial charge >= 0.3 is 17.6 Å². The maximum absolute atomic E-state index is 12.2. The zero-order valence-electron chi connectivity index (χ0n) is 17.9. The van der Waals surface area contributed by atoms with Gasteiger partial charge in [0.05, 0.1) is 0 Å². The SMILES string of the molecule is CC(=O)Oc1c(OC(C)=O)c2c(OCC=C(C)CCC=C(C)C)cccc2oc1=O. The summed E-state index contributed by atoms with van der Waals surface area (Å²) in [5, 5.41) is 0.235. The van der Waals surface area contributed by atoms with Crippen molar-refractivity contribution < 1.29 is 28.2 Å². The minimum Gasteiger partial charge on any atom is -0.489 e. The van der Waals surface area contributed by atoms with Gasteiger partial charge in [-0.05, 0) is 51.8 Å². The van der Waals surface area contributed by atoms with Crippen molar-refractivity contribution in [2.45, 2.75) is 47.5 Å². The van der Waals surface area contributed by atoms with Crippen LogP contribution in [0.4, 0.5) is 0 Å². The van der Waals surface area contributed by atoms with Crippen LogP contribution in [-0.2, 0) is 9.59 Å². The van der Waals surface area contributed by atoms with Crippen LogP contribution in [0.3, 0.4) is 0 Å². The molecule has 1 aromatic carbocycles. The maximum Gasteiger partial charge on any atom is 0.383 e. The van der Waals surface area contributed by atoms with E-state index >= 15 is 0 Å². The van der Waals surface area contributed by atoms with E-state index in [0.717, 1.165) is 19.8 Å². The van der Waals surface area contributed by atoms with Gasteiger partial charge in [-0.15, -0.1) is 0 Å². The van der Waals surface area contributed by atoms with Crippen LogP contribution in [0.1, 0.15) is 47.5 Å². The Labute approximate surface area is 174 Å². The normalized spacial score (nSPS) is 11.2. The minimum atomic E-state index is -0.930. The molecule has 0 saturated carbocycles. The van der Waals surface area contributed by atoms with E-state index in [4.69, 9.17) is 18.6 Å². The van der Waals surface area contributed by atoms with E-state index in [1.165, 1.54) is 24.1 Å². The van der Waals surface area contributed by atoms with Crippen molar-refractivity contribution in [1.29, 1.82) is 0 Å². The summed E-state index contributed by atoms with van der Waals surface area (Å²) < 4.78 is 21.2. The number of carbonyl (C=O) groups excluding carboxylic acids is 2. The second-order valence-corrected chi connectivity index (χ2v) is 7.05. The van der Waals surface area contributed by atoms with E-state index in [2.05, 4.69) is 19.9 Å². The first kappa shape index (κ1) is 22.9. The van der Waals surface area contributed by atoms with Gasteiger partial charge < -0.3 is 18.6 Å². The number of benzene rings is 1. The molecule has 0 N–H and O–H groups in total. The van der Waals surface area contributed by atoms with E-state index in [1.807, 2.05) is 13.0 Å². The molecule has 2 rings (SSSR count). The van der Waals surface area contributed by atoms with E-state index in [0.29, 0.717) is 5.75 Å². The highest BCUT2D eigenvalue weighted by Crippen LogP contribution is 2.39. The average Bonchev–Trinajstić information content (AvgIpc) is 2.63. The lowest BCUT2D eigenvalue weighted by atomic mass is 10.1. The molecule has 0 spiro atoms. The Morgan fingerprint density at radius 3 is 2.27 bits per heavy atom. The average molecular weight is 414 g/mol. The number of esters is 2. The third-order valence-electron chi connectivity index (χ3n) is 4.06. The van der Waals surface area contributed by atoms with Crippen molar-refractivity contribution in [3.05, 3.63) is 51.9 Å². The zero-order chi connectivity index (χ0) is 22.3. The molecule has 2 aromatic rings. The van der Waals surface area contributed by atoms with Crippen LogP contribution >= 0.6 is 0 Å². The molecule has 0 aliphatic heterocycles. The Kier molecular flexibility index (Phi) is 7.98. The van der Waals surface area contributed by atoms with Gasteiger partial charge in [-0.2, -0.15) is 0 Å². The Morgan fingerprint density at radius 2 is 1.63 bits per heavy atom. The number of carbonyl (C=O) groups is 2. The number of hydrogen-bond acceptors (Lipinski definition) is 7. The summed E-state index contributed by atoms with van der Waals surface area (Å²) in [6.07, 6.45) is 5.99. The van der Waals surface area contributed by atoms with Gasteiger partial charge in [-0.1, -0.05) is 23.3 Å². The first-order chi connectivity index (χ1) is 14.2. The molecule has 160 valence electrons. The lowest BCUT2D eigenvalue weighted by molar-refractivity contribution is -0.134. The number of allylic oxidation sites excluding steroid dienone is 3. The van der Waals surface area contributed by atoms with Gasteiger partial charge in [0.2, 0.25) is 0 Å². The van der Waals surface area contributed by atoms with Gasteiger partial charge in [0.25, 0.3) is 5.75 Å². The summed E-state index contributed by atoms with van der Waals surface area (Å²) in [7, 11) is 0. The van der Waals surface area contributed by atoms with Crippen LogP contribution in [-0.4, -0.2) is 18.5 Å². The molecule has 7 nitrogen and oxygen atoms in total. The molecule has 0 aliphatic carbocycles. The van der Waals surface area contributed by atoms with Crippen molar-refractivity contribution in [1.82, 2.24) is 0 Å². The van der Waals surface area contributed by atoms with Crippen LogP contribution in [0.5, 0.6) is 17.2 Å². The molecule has 0 saturated heterocycles. The monoisotopic (exact) mass is 414 g/mol. The fourth-order valence-corrected chi connectivity index (χ4v) is 2.73. The highest BCUT2D eigenvalue weighted by atomic mass is 16.6. The van der Waals surface area contributed by atoms with Crippen LogP contribution < -0.4 is 19.8 Å². The number of ether oxygens (including phenoxy) is 3. The standard InChI is InChI=1S/C23H26O7/c1-14(2)8-6-9-15(3)12-13-27-18-10-7-11-19-20(18)21(28-16(4)24)22(23(26)30-19)29-17(5)25/h7-8,10-12H,6,9,13H2,1-5H3. The van der Waals surface area contributed by atoms with Gasteiger partial charge in [-0.25, -0.2) is 4.79 Å². The third-order valence-corrected chi connectivity index (χ3v) is 4.06. The van der Waals surface area contributed by atoms with Gasteiger partial charge in [0.1, 0.15) is 23.3 Å². The Bertz CT molecular complexity index is 1050. The van der Waals surface area contributed by atoms with Crippen molar-refractivity contribution >= 4 is 22.9 Å². The molecule has 0 amide bonds. The van der Waals surface area contributed by atoms with Gasteiger partial charge in [0.15, 0.2) is 5.75 Å². The van der Waals surface area contributed by atoms with Gasteiger partial charge in [-0.3, -0.25) is 9.59 Å².